The molecule has 13 heteroatoms. The van der Waals surface area contributed by atoms with Gasteiger partial charge >= 0.3 is 5.92 Å². The average Bonchev–Trinajstić information content (AvgIpc) is 2.85. The lowest BCUT2D eigenvalue weighted by atomic mass is 9.97. The molecule has 200 valence electrons. The van der Waals surface area contributed by atoms with Gasteiger partial charge in [-0.2, -0.15) is 13.9 Å². The molecule has 0 radical (unpaired) electrons. The van der Waals surface area contributed by atoms with E-state index in [2.05, 4.69) is 20.5 Å². The van der Waals surface area contributed by atoms with E-state index >= 15 is 4.39 Å². The summed E-state index contributed by atoms with van der Waals surface area (Å²) in [6.45, 7) is 4.72. The number of sulfone groups is 1. The number of fused-ring (bicyclic) bond motifs is 1. The van der Waals surface area contributed by atoms with E-state index in [0.29, 0.717) is 28.2 Å². The molecule has 2 N–H and O–H groups in total. The van der Waals surface area contributed by atoms with Gasteiger partial charge in [-0.25, -0.2) is 17.8 Å². The molecule has 0 bridgehead atoms. The maximum absolute atomic E-state index is 15.2. The molecule has 1 saturated heterocycles. The quantitative estimate of drug-likeness (QED) is 0.466. The molecule has 1 fully saturated rings. The summed E-state index contributed by atoms with van der Waals surface area (Å²) in [5, 5.41) is 21.4. The highest BCUT2D eigenvalue weighted by molar-refractivity contribution is 7.91. The molecular formula is C24H28F3N5O4S. The van der Waals surface area contributed by atoms with E-state index in [4.69, 9.17) is 4.74 Å². The Morgan fingerprint density at radius 2 is 1.86 bits per heavy atom. The fourth-order valence-corrected chi connectivity index (χ4v) is 5.46. The number of alkyl halides is 2. The van der Waals surface area contributed by atoms with E-state index < -0.39 is 39.3 Å². The first kappa shape index (κ1) is 26.9. The normalized spacial score (nSPS) is 17.5. The van der Waals surface area contributed by atoms with Crippen LogP contribution in [0.5, 0.6) is 5.88 Å². The van der Waals surface area contributed by atoms with E-state index in [1.54, 1.807) is 19.9 Å². The van der Waals surface area contributed by atoms with E-state index in [0.717, 1.165) is 13.0 Å². The third-order valence-corrected chi connectivity index (χ3v) is 8.09. The third-order valence-electron chi connectivity index (χ3n) is 6.48. The van der Waals surface area contributed by atoms with Crippen molar-refractivity contribution in [3.8, 4) is 5.88 Å². The van der Waals surface area contributed by atoms with Crippen molar-refractivity contribution in [2.24, 2.45) is 0 Å². The average molecular weight is 540 g/mol. The monoisotopic (exact) mass is 539 g/mol. The maximum atomic E-state index is 15.2. The summed E-state index contributed by atoms with van der Waals surface area (Å²) in [6, 6.07) is 4.57. The smallest absolute Gasteiger partial charge is 0.301 e. The summed E-state index contributed by atoms with van der Waals surface area (Å²) < 4.78 is 73.3. The first-order chi connectivity index (χ1) is 17.4. The van der Waals surface area contributed by atoms with Crippen LogP contribution < -0.4 is 15.0 Å². The third kappa shape index (κ3) is 5.14. The van der Waals surface area contributed by atoms with Crippen LogP contribution in [0.4, 0.5) is 24.7 Å². The number of pyridine rings is 1. The molecule has 3 aromatic rings. The Morgan fingerprint density at radius 3 is 2.49 bits per heavy atom. The SMILES string of the molecule is COc1nc2c(C)nnc(N[C@H](C)c3cccc(C(F)(F)C(C)O)c3F)c2cc1N1CCS(=O)(=O)CC1. The Kier molecular flexibility index (Phi) is 7.21. The van der Waals surface area contributed by atoms with Crippen LogP contribution in [0.15, 0.2) is 24.3 Å². The van der Waals surface area contributed by atoms with Gasteiger partial charge in [0, 0.05) is 24.0 Å². The van der Waals surface area contributed by atoms with Crippen molar-refractivity contribution in [3.63, 3.8) is 0 Å². The maximum Gasteiger partial charge on any atom is 0.301 e. The largest absolute Gasteiger partial charge is 0.480 e. The predicted octanol–water partition coefficient (Wildman–Crippen LogP) is 3.36. The highest BCUT2D eigenvalue weighted by atomic mass is 32.2. The van der Waals surface area contributed by atoms with E-state index in [-0.39, 0.29) is 36.0 Å². The number of nitrogens with zero attached hydrogens (tertiary/aromatic N) is 4. The highest BCUT2D eigenvalue weighted by Crippen LogP contribution is 2.38. The van der Waals surface area contributed by atoms with Crippen molar-refractivity contribution in [2.75, 3.05) is 41.9 Å². The zero-order chi connectivity index (χ0) is 27.1. The topological polar surface area (TPSA) is 118 Å². The molecule has 1 aliphatic heterocycles. The van der Waals surface area contributed by atoms with Gasteiger partial charge in [0.05, 0.1) is 35.9 Å². The fraction of sp³-hybridized carbons (Fsp3) is 0.458. The molecular weight excluding hydrogens is 511 g/mol. The van der Waals surface area contributed by atoms with Gasteiger partial charge < -0.3 is 20.1 Å². The van der Waals surface area contributed by atoms with Crippen molar-refractivity contribution in [2.45, 2.75) is 38.8 Å². The first-order valence-electron chi connectivity index (χ1n) is 11.6. The van der Waals surface area contributed by atoms with Gasteiger partial charge in [-0.1, -0.05) is 12.1 Å². The lowest BCUT2D eigenvalue weighted by molar-refractivity contribution is -0.108. The molecule has 0 spiro atoms. The van der Waals surface area contributed by atoms with Crippen molar-refractivity contribution in [1.82, 2.24) is 15.2 Å². The summed E-state index contributed by atoms with van der Waals surface area (Å²) in [5.74, 6) is -4.38. The second-order valence-corrected chi connectivity index (χ2v) is 11.4. The minimum absolute atomic E-state index is 0.00331. The first-order valence-corrected chi connectivity index (χ1v) is 13.5. The van der Waals surface area contributed by atoms with Crippen LogP contribution >= 0.6 is 0 Å². The summed E-state index contributed by atoms with van der Waals surface area (Å²) in [5.41, 5.74) is 0.588. The number of aliphatic hydroxyl groups is 1. The fourth-order valence-electron chi connectivity index (χ4n) is 4.25. The van der Waals surface area contributed by atoms with Gasteiger partial charge in [0.1, 0.15) is 23.1 Å². The number of ether oxygens (including phenoxy) is 1. The summed E-state index contributed by atoms with van der Waals surface area (Å²) in [7, 11) is -1.65. The number of hydrogen-bond donors (Lipinski definition) is 2. The molecule has 0 saturated carbocycles. The standard InChI is InChI=1S/C24H28F3N5O4S/c1-13(16-6-5-7-18(20(16)25)24(26,27)15(3)33)28-22-17-12-19(32-8-10-37(34,35)11-9-32)23(36-4)29-21(17)14(2)30-31-22/h5-7,12-13,15,33H,8-11H2,1-4H3,(H,28,31)/t13-,15?/m1/s1. The van der Waals surface area contributed by atoms with Gasteiger partial charge in [0.25, 0.3) is 0 Å². The lowest BCUT2D eigenvalue weighted by Gasteiger charge is -2.30. The Balaban J connectivity index is 1.75. The Hall–Kier alpha value is -3.19. The van der Waals surface area contributed by atoms with Gasteiger partial charge in [-0.05, 0) is 32.9 Å². The summed E-state index contributed by atoms with van der Waals surface area (Å²) in [6.07, 6.45) is -2.07. The van der Waals surface area contributed by atoms with Crippen LogP contribution in [0.25, 0.3) is 10.9 Å². The van der Waals surface area contributed by atoms with Crippen LogP contribution in [-0.4, -0.2) is 66.5 Å². The second-order valence-electron chi connectivity index (χ2n) is 9.06. The van der Waals surface area contributed by atoms with Gasteiger partial charge in [0.2, 0.25) is 5.88 Å². The minimum atomic E-state index is -3.77. The minimum Gasteiger partial charge on any atom is -0.480 e. The molecule has 2 aromatic heterocycles. The summed E-state index contributed by atoms with van der Waals surface area (Å²) >= 11 is 0. The molecule has 37 heavy (non-hydrogen) atoms. The van der Waals surface area contributed by atoms with Crippen LogP contribution in [-0.2, 0) is 15.8 Å². The van der Waals surface area contributed by atoms with E-state index in [9.17, 15) is 22.3 Å². The van der Waals surface area contributed by atoms with Crippen LogP contribution in [0.1, 0.15) is 36.7 Å². The number of aromatic nitrogens is 3. The Morgan fingerprint density at radius 1 is 1.19 bits per heavy atom. The van der Waals surface area contributed by atoms with Crippen LogP contribution in [0, 0.1) is 12.7 Å². The number of methoxy groups -OCH3 is 1. The molecule has 0 aliphatic carbocycles. The van der Waals surface area contributed by atoms with Crippen LogP contribution in [0.2, 0.25) is 0 Å². The molecule has 9 nitrogen and oxygen atoms in total. The number of anilines is 2. The lowest BCUT2D eigenvalue weighted by Crippen LogP contribution is -2.40. The zero-order valence-corrected chi connectivity index (χ0v) is 21.6. The number of aryl methyl sites for hydroxylation is 1. The Bertz CT molecular complexity index is 1420. The number of rotatable bonds is 7. The van der Waals surface area contributed by atoms with Gasteiger partial charge in [0.15, 0.2) is 15.7 Å². The van der Waals surface area contributed by atoms with Crippen molar-refractivity contribution in [3.05, 3.63) is 46.9 Å². The van der Waals surface area contributed by atoms with Crippen molar-refractivity contribution >= 4 is 32.2 Å². The van der Waals surface area contributed by atoms with E-state index in [1.165, 1.54) is 19.2 Å². The van der Waals surface area contributed by atoms with Gasteiger partial charge in [-0.15, -0.1) is 5.10 Å². The Labute approximate surface area is 212 Å². The molecule has 1 aliphatic rings. The highest BCUT2D eigenvalue weighted by Gasteiger charge is 2.40. The molecule has 0 amide bonds. The number of aliphatic hydroxyl groups excluding tert-OH is 1. The number of benzene rings is 1. The second kappa shape index (κ2) is 9.93. The number of halogens is 3. The molecule has 4 rings (SSSR count). The van der Waals surface area contributed by atoms with Crippen LogP contribution in [0.3, 0.4) is 0 Å². The van der Waals surface area contributed by atoms with Crippen molar-refractivity contribution < 1.29 is 31.4 Å². The number of hydrogen-bond acceptors (Lipinski definition) is 9. The molecule has 1 aromatic carbocycles. The molecule has 2 atom stereocenters. The number of nitrogens with one attached hydrogen (secondary N) is 1. The summed E-state index contributed by atoms with van der Waals surface area (Å²) in [4.78, 5) is 6.43. The molecule has 1 unspecified atom stereocenters. The van der Waals surface area contributed by atoms with Gasteiger partial charge in [-0.3, -0.25) is 0 Å². The predicted molar refractivity (Wildman–Crippen MR) is 134 cm³/mol. The zero-order valence-electron chi connectivity index (χ0n) is 20.8. The molecule has 3 heterocycles. The van der Waals surface area contributed by atoms with Crippen molar-refractivity contribution in [1.29, 1.82) is 0 Å². The van der Waals surface area contributed by atoms with E-state index in [1.807, 2.05) is 4.90 Å².